The van der Waals surface area contributed by atoms with Gasteiger partial charge in [0, 0.05) is 10.8 Å². The van der Waals surface area contributed by atoms with Crippen LogP contribution in [0.2, 0.25) is 0 Å². The van der Waals surface area contributed by atoms with Crippen LogP contribution in [0.15, 0.2) is 0 Å². The molecule has 0 spiro atoms. The van der Waals surface area contributed by atoms with Gasteiger partial charge >= 0.3 is 0 Å². The summed E-state index contributed by atoms with van der Waals surface area (Å²) in [6.45, 7) is 1.49. The fourth-order valence-electron chi connectivity index (χ4n) is 0.452. The van der Waals surface area contributed by atoms with Gasteiger partial charge in [-0.25, -0.2) is 0 Å². The minimum Gasteiger partial charge on any atom is -0.296 e. The van der Waals surface area contributed by atoms with E-state index in [1.54, 1.807) is 0 Å². The molecule has 1 heterocycles. The van der Waals surface area contributed by atoms with E-state index in [4.69, 9.17) is 0 Å². The Morgan fingerprint density at radius 3 is 3.00 bits per heavy atom. The van der Waals surface area contributed by atoms with Crippen LogP contribution in [0.5, 0.6) is 0 Å². The van der Waals surface area contributed by atoms with E-state index in [0.29, 0.717) is 5.88 Å². The molecule has 1 radical (unpaired) electrons. The summed E-state index contributed by atoms with van der Waals surface area (Å²) in [5, 5.41) is 12.1. The Kier molecular flexibility index (Phi) is 1.69. The average molecular weight is 133 g/mol. The number of hydrogen-bond donors (Lipinski definition) is 1. The smallest absolute Gasteiger partial charge is 0.276 e. The van der Waals surface area contributed by atoms with Crippen molar-refractivity contribution in [2.75, 3.05) is 5.88 Å². The highest BCUT2D eigenvalue weighted by Crippen LogP contribution is 2.17. The lowest BCUT2D eigenvalue weighted by Crippen LogP contribution is -2.14. The van der Waals surface area contributed by atoms with Gasteiger partial charge in [-0.1, -0.05) is 11.8 Å². The molecule has 45 valence electrons. The van der Waals surface area contributed by atoms with Crippen molar-refractivity contribution in [1.29, 1.82) is 0 Å². The van der Waals surface area contributed by atoms with Crippen molar-refractivity contribution in [1.82, 2.24) is 5.32 Å². The predicted molar refractivity (Wildman–Crippen MR) is 30.7 cm³/mol. The fraction of sp³-hybridized carbons (Fsp3) is 0.667. The van der Waals surface area contributed by atoms with E-state index >= 15 is 0 Å². The van der Waals surface area contributed by atoms with E-state index < -0.39 is 5.37 Å². The summed E-state index contributed by atoms with van der Waals surface area (Å²) in [5.41, 5.74) is 0. The van der Waals surface area contributed by atoms with Gasteiger partial charge in [-0.3, -0.25) is 15.4 Å². The maximum absolute atomic E-state index is 9.92. The molecule has 0 aromatic rings. The van der Waals surface area contributed by atoms with Crippen molar-refractivity contribution in [2.24, 2.45) is 0 Å². The van der Waals surface area contributed by atoms with Gasteiger partial charge in [0.25, 0.3) is 5.37 Å². The highest BCUT2D eigenvalue weighted by molar-refractivity contribution is 8.00. The number of hydrogen-bond acceptors (Lipinski definition) is 4. The van der Waals surface area contributed by atoms with Crippen molar-refractivity contribution in [2.45, 2.75) is 5.37 Å². The second-order valence-corrected chi connectivity index (χ2v) is 2.46. The van der Waals surface area contributed by atoms with Crippen molar-refractivity contribution in [3.63, 3.8) is 0 Å². The van der Waals surface area contributed by atoms with E-state index in [1.165, 1.54) is 18.3 Å². The molecule has 5 heteroatoms. The lowest BCUT2D eigenvalue weighted by atomic mass is 10.6. The molecule has 1 aliphatic heterocycles. The minimum absolute atomic E-state index is 0.315. The Bertz CT molecular complexity index is 101. The monoisotopic (exact) mass is 133 g/mol. The quantitative estimate of drug-likeness (QED) is 0.405. The van der Waals surface area contributed by atoms with Crippen LogP contribution in [0.3, 0.4) is 0 Å². The SMILES string of the molecule is O=[N+]([O-])C1[CH]NCS1. The lowest BCUT2D eigenvalue weighted by Gasteiger charge is -1.93. The van der Waals surface area contributed by atoms with Gasteiger partial charge in [0.05, 0.1) is 0 Å². The molecule has 1 saturated heterocycles. The molecule has 1 atom stereocenters. The Labute approximate surface area is 50.8 Å². The summed E-state index contributed by atoms with van der Waals surface area (Å²) in [7, 11) is 0. The molecule has 8 heavy (non-hydrogen) atoms. The van der Waals surface area contributed by atoms with Gasteiger partial charge in [-0.15, -0.1) is 0 Å². The number of nitro groups is 1. The highest BCUT2D eigenvalue weighted by atomic mass is 32.2. The molecular weight excluding hydrogens is 128 g/mol. The molecule has 4 nitrogen and oxygen atoms in total. The zero-order valence-corrected chi connectivity index (χ0v) is 4.85. The van der Waals surface area contributed by atoms with E-state index in [1.807, 2.05) is 0 Å². The maximum atomic E-state index is 9.92. The number of nitrogens with one attached hydrogen (secondary N) is 1. The molecule has 0 saturated carbocycles. The maximum Gasteiger partial charge on any atom is 0.276 e. The highest BCUT2D eigenvalue weighted by Gasteiger charge is 2.25. The van der Waals surface area contributed by atoms with Crippen LogP contribution < -0.4 is 5.32 Å². The van der Waals surface area contributed by atoms with Gasteiger partial charge in [-0.05, 0) is 0 Å². The van der Waals surface area contributed by atoms with Crippen molar-refractivity contribution in [3.05, 3.63) is 16.7 Å². The topological polar surface area (TPSA) is 55.2 Å². The van der Waals surface area contributed by atoms with Gasteiger partial charge in [-0.2, -0.15) is 0 Å². The largest absolute Gasteiger partial charge is 0.296 e. The zero-order valence-electron chi connectivity index (χ0n) is 4.03. The summed E-state index contributed by atoms with van der Waals surface area (Å²) in [5.74, 6) is 0.658. The Morgan fingerprint density at radius 2 is 2.75 bits per heavy atom. The van der Waals surface area contributed by atoms with Crippen molar-refractivity contribution in [3.8, 4) is 0 Å². The third-order valence-electron chi connectivity index (χ3n) is 0.806. The molecule has 1 aliphatic rings. The molecule has 0 aromatic carbocycles. The molecule has 0 amide bonds. The van der Waals surface area contributed by atoms with E-state index in [9.17, 15) is 10.1 Å². The first kappa shape index (κ1) is 5.84. The van der Waals surface area contributed by atoms with Crippen molar-refractivity contribution < 1.29 is 4.92 Å². The van der Waals surface area contributed by atoms with Crippen LogP contribution in [-0.4, -0.2) is 16.2 Å². The van der Waals surface area contributed by atoms with Gasteiger partial charge in [0.2, 0.25) is 0 Å². The Balaban J connectivity index is 2.35. The molecule has 0 aromatic heterocycles. The molecule has 1 fully saturated rings. The molecule has 1 unspecified atom stereocenters. The zero-order chi connectivity index (χ0) is 5.98. The first-order chi connectivity index (χ1) is 3.80. The summed E-state index contributed by atoms with van der Waals surface area (Å²) < 4.78 is 0. The average Bonchev–Trinajstić information content (AvgIpc) is 2.12. The molecule has 1 rings (SSSR count). The van der Waals surface area contributed by atoms with E-state index in [2.05, 4.69) is 5.32 Å². The van der Waals surface area contributed by atoms with Crippen LogP contribution in [0.1, 0.15) is 0 Å². The number of nitrogens with zero attached hydrogens (tertiary/aromatic N) is 1. The summed E-state index contributed by atoms with van der Waals surface area (Å²) >= 11 is 1.28. The Hall–Kier alpha value is -0.290. The van der Waals surface area contributed by atoms with Crippen molar-refractivity contribution >= 4 is 11.8 Å². The van der Waals surface area contributed by atoms with E-state index in [-0.39, 0.29) is 4.92 Å². The molecular formula is C3H5N2O2S. The predicted octanol–water partition coefficient (Wildman–Crippen LogP) is 0.0449. The molecule has 0 bridgehead atoms. The fourth-order valence-corrected chi connectivity index (χ4v) is 1.13. The third-order valence-corrected chi connectivity index (χ3v) is 1.79. The Morgan fingerprint density at radius 1 is 2.00 bits per heavy atom. The van der Waals surface area contributed by atoms with Crippen LogP contribution >= 0.6 is 11.8 Å². The van der Waals surface area contributed by atoms with Crippen LogP contribution in [0, 0.1) is 16.7 Å². The third kappa shape index (κ3) is 1.10. The standard InChI is InChI=1S/C3H5N2O2S/c6-5(7)3-1-4-2-8-3/h1,3-4H,2H2. The lowest BCUT2D eigenvalue weighted by molar-refractivity contribution is -0.486. The van der Waals surface area contributed by atoms with Crippen LogP contribution in [-0.2, 0) is 0 Å². The van der Waals surface area contributed by atoms with Gasteiger partial charge in [0.15, 0.2) is 0 Å². The van der Waals surface area contributed by atoms with Gasteiger partial charge < -0.3 is 0 Å². The molecule has 1 N–H and O–H groups in total. The van der Waals surface area contributed by atoms with Crippen LogP contribution in [0.4, 0.5) is 0 Å². The first-order valence-corrected chi connectivity index (χ1v) is 3.17. The number of thioether (sulfide) groups is 1. The molecule has 0 aliphatic carbocycles. The summed E-state index contributed by atoms with van der Waals surface area (Å²) in [4.78, 5) is 9.60. The number of rotatable bonds is 1. The summed E-state index contributed by atoms with van der Waals surface area (Å²) in [6.07, 6.45) is 0. The van der Waals surface area contributed by atoms with E-state index in [0.717, 1.165) is 0 Å². The minimum atomic E-state index is -0.532. The normalized spacial score (nSPS) is 28.2. The van der Waals surface area contributed by atoms with Crippen LogP contribution in [0.25, 0.3) is 0 Å². The summed E-state index contributed by atoms with van der Waals surface area (Å²) in [6, 6.07) is 0. The van der Waals surface area contributed by atoms with Gasteiger partial charge in [0.1, 0.15) is 6.54 Å². The second-order valence-electron chi connectivity index (χ2n) is 1.36. The first-order valence-electron chi connectivity index (χ1n) is 2.12. The second kappa shape index (κ2) is 2.32.